The molecule has 1 unspecified atom stereocenters. The zero-order valence-electron chi connectivity index (χ0n) is 10.8. The van der Waals surface area contributed by atoms with Gasteiger partial charge in [0.2, 0.25) is 0 Å². The number of hydrogen-bond donors (Lipinski definition) is 1. The van der Waals surface area contributed by atoms with E-state index in [-0.39, 0.29) is 18.4 Å². The minimum absolute atomic E-state index is 0.0908. The summed E-state index contributed by atoms with van der Waals surface area (Å²) < 4.78 is 38.3. The van der Waals surface area contributed by atoms with Crippen molar-refractivity contribution in [3.8, 4) is 0 Å². The van der Waals surface area contributed by atoms with E-state index in [1.807, 2.05) is 4.90 Å². The Hall–Kier alpha value is -0.290. The van der Waals surface area contributed by atoms with Crippen LogP contribution in [0.15, 0.2) is 0 Å². The lowest BCUT2D eigenvalue weighted by Gasteiger charge is -2.39. The van der Waals surface area contributed by atoms with Gasteiger partial charge in [-0.05, 0) is 44.2 Å². The Labute approximate surface area is 107 Å². The first-order valence-corrected chi connectivity index (χ1v) is 6.94. The number of halogens is 3. The fraction of sp³-hybridized carbons (Fsp3) is 1.00. The molecule has 0 bridgehead atoms. The summed E-state index contributed by atoms with van der Waals surface area (Å²) in [5.74, 6) is -1.14. The lowest BCUT2D eigenvalue weighted by atomic mass is 9.84. The molecule has 2 fully saturated rings. The third-order valence-corrected chi connectivity index (χ3v) is 4.62. The van der Waals surface area contributed by atoms with Crippen LogP contribution in [0, 0.1) is 11.3 Å². The Balaban J connectivity index is 1.93. The van der Waals surface area contributed by atoms with E-state index in [1.54, 1.807) is 0 Å². The molecule has 1 aliphatic carbocycles. The third-order valence-electron chi connectivity index (χ3n) is 4.62. The predicted molar refractivity (Wildman–Crippen MR) is 65.2 cm³/mol. The Morgan fingerprint density at radius 3 is 2.39 bits per heavy atom. The number of likely N-dealkylation sites (tertiary alicyclic amines) is 1. The van der Waals surface area contributed by atoms with Crippen LogP contribution < -0.4 is 5.73 Å². The number of nitrogens with two attached hydrogens (primary N) is 1. The molecule has 1 aliphatic heterocycles. The second kappa shape index (κ2) is 5.37. The molecule has 106 valence electrons. The first-order chi connectivity index (χ1) is 8.45. The fourth-order valence-electron chi connectivity index (χ4n) is 3.49. The van der Waals surface area contributed by atoms with Crippen LogP contribution in [-0.4, -0.2) is 37.3 Å². The van der Waals surface area contributed by atoms with Crippen LogP contribution in [0.3, 0.4) is 0 Å². The van der Waals surface area contributed by atoms with Gasteiger partial charge < -0.3 is 10.6 Å². The summed E-state index contributed by atoms with van der Waals surface area (Å²) in [6.45, 7) is 2.34. The van der Waals surface area contributed by atoms with Gasteiger partial charge in [-0.2, -0.15) is 13.2 Å². The van der Waals surface area contributed by atoms with Gasteiger partial charge in [0.05, 0.1) is 5.92 Å². The standard InChI is InChI=1S/C13H23F3N2/c14-13(15,16)11-4-3-7-18(8-11)10-12(9-17)5-1-2-6-12/h11H,1-10,17H2. The average molecular weight is 264 g/mol. The second-order valence-electron chi connectivity index (χ2n) is 6.03. The van der Waals surface area contributed by atoms with Crippen LogP contribution in [0.4, 0.5) is 13.2 Å². The van der Waals surface area contributed by atoms with E-state index < -0.39 is 12.1 Å². The molecule has 0 aromatic rings. The average Bonchev–Trinajstić information content (AvgIpc) is 2.77. The van der Waals surface area contributed by atoms with Crippen molar-refractivity contribution in [3.05, 3.63) is 0 Å². The summed E-state index contributed by atoms with van der Waals surface area (Å²) >= 11 is 0. The predicted octanol–water partition coefficient (Wildman–Crippen LogP) is 2.78. The number of nitrogens with zero attached hydrogens (tertiary/aromatic N) is 1. The van der Waals surface area contributed by atoms with Crippen LogP contribution >= 0.6 is 0 Å². The van der Waals surface area contributed by atoms with Crippen LogP contribution in [0.25, 0.3) is 0 Å². The van der Waals surface area contributed by atoms with Gasteiger partial charge in [0.15, 0.2) is 0 Å². The van der Waals surface area contributed by atoms with Gasteiger partial charge in [-0.1, -0.05) is 12.8 Å². The van der Waals surface area contributed by atoms with Crippen molar-refractivity contribution < 1.29 is 13.2 Å². The molecule has 0 radical (unpaired) electrons. The molecule has 18 heavy (non-hydrogen) atoms. The molecule has 5 heteroatoms. The highest BCUT2D eigenvalue weighted by atomic mass is 19.4. The molecule has 0 aromatic heterocycles. The summed E-state index contributed by atoms with van der Waals surface area (Å²) in [4.78, 5) is 2.00. The molecular formula is C13H23F3N2. The van der Waals surface area contributed by atoms with Gasteiger partial charge in [0.1, 0.15) is 0 Å². The molecule has 1 atom stereocenters. The Kier molecular flexibility index (Phi) is 4.22. The molecule has 2 aliphatic rings. The van der Waals surface area contributed by atoms with E-state index in [1.165, 1.54) is 12.8 Å². The topological polar surface area (TPSA) is 29.3 Å². The van der Waals surface area contributed by atoms with Gasteiger partial charge in [-0.25, -0.2) is 0 Å². The van der Waals surface area contributed by atoms with Crippen LogP contribution in [0.2, 0.25) is 0 Å². The van der Waals surface area contributed by atoms with Crippen molar-refractivity contribution in [1.82, 2.24) is 4.90 Å². The Morgan fingerprint density at radius 1 is 1.17 bits per heavy atom. The van der Waals surface area contributed by atoms with E-state index in [0.29, 0.717) is 13.0 Å². The summed E-state index contributed by atoms with van der Waals surface area (Å²) in [5.41, 5.74) is 5.95. The molecule has 0 aromatic carbocycles. The van der Waals surface area contributed by atoms with E-state index in [9.17, 15) is 13.2 Å². The maximum absolute atomic E-state index is 12.8. The Bertz CT molecular complexity index is 272. The highest BCUT2D eigenvalue weighted by molar-refractivity contribution is 4.90. The van der Waals surface area contributed by atoms with E-state index in [2.05, 4.69) is 0 Å². The van der Waals surface area contributed by atoms with Crippen molar-refractivity contribution in [3.63, 3.8) is 0 Å². The molecule has 1 heterocycles. The summed E-state index contributed by atoms with van der Waals surface area (Å²) in [7, 11) is 0. The van der Waals surface area contributed by atoms with Gasteiger partial charge in [0, 0.05) is 13.1 Å². The quantitative estimate of drug-likeness (QED) is 0.849. The number of piperidine rings is 1. The lowest BCUT2D eigenvalue weighted by molar-refractivity contribution is -0.187. The van der Waals surface area contributed by atoms with Crippen molar-refractivity contribution in [2.75, 3.05) is 26.2 Å². The summed E-state index contributed by atoms with van der Waals surface area (Å²) in [6.07, 6.45) is 1.42. The minimum Gasteiger partial charge on any atom is -0.330 e. The monoisotopic (exact) mass is 264 g/mol. The smallest absolute Gasteiger partial charge is 0.330 e. The highest BCUT2D eigenvalue weighted by Gasteiger charge is 2.43. The molecular weight excluding hydrogens is 241 g/mol. The van der Waals surface area contributed by atoms with Gasteiger partial charge in [0.25, 0.3) is 0 Å². The van der Waals surface area contributed by atoms with E-state index >= 15 is 0 Å². The highest BCUT2D eigenvalue weighted by Crippen LogP contribution is 2.40. The van der Waals surface area contributed by atoms with Crippen molar-refractivity contribution in [2.24, 2.45) is 17.1 Å². The third kappa shape index (κ3) is 3.18. The Morgan fingerprint density at radius 2 is 1.83 bits per heavy atom. The summed E-state index contributed by atoms with van der Waals surface area (Å²) in [6, 6.07) is 0. The number of rotatable bonds is 3. The normalized spacial score (nSPS) is 29.7. The molecule has 1 saturated carbocycles. The molecule has 2 rings (SSSR count). The van der Waals surface area contributed by atoms with Crippen molar-refractivity contribution in [2.45, 2.75) is 44.7 Å². The zero-order chi connectivity index (χ0) is 13.2. The van der Waals surface area contributed by atoms with E-state index in [0.717, 1.165) is 25.9 Å². The maximum atomic E-state index is 12.8. The molecule has 2 N–H and O–H groups in total. The number of alkyl halides is 3. The first kappa shape index (κ1) is 14.1. The molecule has 0 amide bonds. The second-order valence-corrected chi connectivity index (χ2v) is 6.03. The van der Waals surface area contributed by atoms with Crippen LogP contribution in [0.1, 0.15) is 38.5 Å². The molecule has 2 nitrogen and oxygen atoms in total. The molecule has 0 spiro atoms. The lowest BCUT2D eigenvalue weighted by Crippen LogP contribution is -2.47. The SMILES string of the molecule is NCC1(CN2CCCC(C(F)(F)F)C2)CCCC1. The van der Waals surface area contributed by atoms with Crippen molar-refractivity contribution >= 4 is 0 Å². The van der Waals surface area contributed by atoms with Gasteiger partial charge >= 0.3 is 6.18 Å². The van der Waals surface area contributed by atoms with Crippen LogP contribution in [-0.2, 0) is 0 Å². The van der Waals surface area contributed by atoms with E-state index in [4.69, 9.17) is 5.73 Å². The fourth-order valence-corrected chi connectivity index (χ4v) is 3.49. The van der Waals surface area contributed by atoms with Gasteiger partial charge in [-0.15, -0.1) is 0 Å². The summed E-state index contributed by atoms with van der Waals surface area (Å²) in [5, 5.41) is 0. The number of hydrogen-bond acceptors (Lipinski definition) is 2. The van der Waals surface area contributed by atoms with Crippen LogP contribution in [0.5, 0.6) is 0 Å². The van der Waals surface area contributed by atoms with Gasteiger partial charge in [-0.3, -0.25) is 0 Å². The minimum atomic E-state index is -4.04. The largest absolute Gasteiger partial charge is 0.393 e. The molecule has 1 saturated heterocycles. The van der Waals surface area contributed by atoms with Crippen molar-refractivity contribution in [1.29, 1.82) is 0 Å². The first-order valence-electron chi connectivity index (χ1n) is 6.94. The zero-order valence-corrected chi connectivity index (χ0v) is 10.8. The maximum Gasteiger partial charge on any atom is 0.393 e.